The number of halogens is 2. The van der Waals surface area contributed by atoms with Gasteiger partial charge in [-0.1, -0.05) is 11.6 Å². The molecule has 2 rings (SSSR count). The van der Waals surface area contributed by atoms with Gasteiger partial charge in [-0.2, -0.15) is 9.65 Å². The average Bonchev–Trinajstić information content (AvgIpc) is 2.32. The molecular formula is C11H6ClFN4. The highest BCUT2D eigenvalue weighted by Crippen LogP contribution is 2.25. The molecule has 0 aliphatic heterocycles. The second-order valence-corrected chi connectivity index (χ2v) is 3.56. The van der Waals surface area contributed by atoms with Crippen molar-refractivity contribution in [3.05, 3.63) is 47.1 Å². The number of nitrogens with one attached hydrogen (secondary N) is 1. The third-order valence-corrected chi connectivity index (χ3v) is 2.31. The monoisotopic (exact) mass is 248 g/mol. The number of hydrogen-bond donors (Lipinski definition) is 1. The molecule has 0 saturated carbocycles. The van der Waals surface area contributed by atoms with E-state index in [-0.39, 0.29) is 0 Å². The lowest BCUT2D eigenvalue weighted by Gasteiger charge is -2.07. The van der Waals surface area contributed by atoms with Crippen molar-refractivity contribution in [2.45, 2.75) is 0 Å². The Morgan fingerprint density at radius 1 is 1.29 bits per heavy atom. The van der Waals surface area contributed by atoms with Crippen molar-refractivity contribution >= 4 is 23.1 Å². The molecule has 84 valence electrons. The predicted molar refractivity (Wildman–Crippen MR) is 61.4 cm³/mol. The van der Waals surface area contributed by atoms with E-state index in [1.165, 1.54) is 6.07 Å². The number of anilines is 2. The highest BCUT2D eigenvalue weighted by molar-refractivity contribution is 6.33. The van der Waals surface area contributed by atoms with E-state index in [2.05, 4.69) is 15.3 Å². The van der Waals surface area contributed by atoms with Crippen LogP contribution in [-0.2, 0) is 0 Å². The fourth-order valence-electron chi connectivity index (χ4n) is 1.23. The summed E-state index contributed by atoms with van der Waals surface area (Å²) in [5, 5.41) is 11.9. The van der Waals surface area contributed by atoms with E-state index >= 15 is 0 Å². The summed E-state index contributed by atoms with van der Waals surface area (Å²) in [7, 11) is 0. The number of nitriles is 1. The summed E-state index contributed by atoms with van der Waals surface area (Å²) in [6, 6.07) is 7.86. The van der Waals surface area contributed by atoms with Gasteiger partial charge in [0.25, 0.3) is 0 Å². The number of aromatic nitrogens is 2. The Morgan fingerprint density at radius 2 is 2.12 bits per heavy atom. The third-order valence-electron chi connectivity index (χ3n) is 1.99. The van der Waals surface area contributed by atoms with Crippen LogP contribution in [0.1, 0.15) is 5.56 Å². The maximum absolute atomic E-state index is 12.8. The maximum Gasteiger partial charge on any atom is 0.218 e. The summed E-state index contributed by atoms with van der Waals surface area (Å²) >= 11 is 5.95. The second-order valence-electron chi connectivity index (χ2n) is 3.16. The van der Waals surface area contributed by atoms with E-state index in [1.807, 2.05) is 6.07 Å². The van der Waals surface area contributed by atoms with Crippen LogP contribution in [0.2, 0.25) is 5.02 Å². The van der Waals surface area contributed by atoms with Crippen molar-refractivity contribution in [1.29, 1.82) is 5.26 Å². The van der Waals surface area contributed by atoms with Crippen molar-refractivity contribution < 1.29 is 4.39 Å². The molecule has 0 amide bonds. The highest BCUT2D eigenvalue weighted by Gasteiger charge is 2.04. The summed E-state index contributed by atoms with van der Waals surface area (Å²) in [6.07, 6.45) is 1.11. The molecule has 0 spiro atoms. The Hall–Kier alpha value is -2.19. The lowest BCUT2D eigenvalue weighted by molar-refractivity contribution is 0.580. The minimum atomic E-state index is -0.632. The molecule has 4 nitrogen and oxygen atoms in total. The van der Waals surface area contributed by atoms with Crippen molar-refractivity contribution in [1.82, 2.24) is 9.97 Å². The van der Waals surface area contributed by atoms with Gasteiger partial charge in [0.2, 0.25) is 5.95 Å². The summed E-state index contributed by atoms with van der Waals surface area (Å²) < 4.78 is 12.8. The summed E-state index contributed by atoms with van der Waals surface area (Å²) in [4.78, 5) is 7.17. The van der Waals surface area contributed by atoms with Gasteiger partial charge in [0.15, 0.2) is 0 Å². The number of hydrogen-bond acceptors (Lipinski definition) is 4. The minimum absolute atomic E-state index is 0.295. The van der Waals surface area contributed by atoms with Gasteiger partial charge < -0.3 is 5.32 Å². The van der Waals surface area contributed by atoms with Crippen LogP contribution in [-0.4, -0.2) is 9.97 Å². The lowest BCUT2D eigenvalue weighted by Crippen LogP contribution is -1.96. The molecule has 0 saturated heterocycles. The van der Waals surface area contributed by atoms with E-state index in [9.17, 15) is 4.39 Å². The molecule has 0 fully saturated rings. The van der Waals surface area contributed by atoms with Gasteiger partial charge in [-0.25, -0.2) is 9.97 Å². The first-order chi connectivity index (χ1) is 8.19. The first-order valence-electron chi connectivity index (χ1n) is 4.63. The maximum atomic E-state index is 12.8. The Morgan fingerprint density at radius 3 is 2.76 bits per heavy atom. The lowest BCUT2D eigenvalue weighted by atomic mass is 10.2. The first-order valence-corrected chi connectivity index (χ1v) is 5.01. The molecule has 0 radical (unpaired) electrons. The Kier molecular flexibility index (Phi) is 3.17. The number of nitrogens with zero attached hydrogens (tertiary/aromatic N) is 3. The fourth-order valence-corrected chi connectivity index (χ4v) is 1.45. The van der Waals surface area contributed by atoms with Gasteiger partial charge in [-0.15, -0.1) is 0 Å². The van der Waals surface area contributed by atoms with Gasteiger partial charge in [0.05, 0.1) is 22.3 Å². The van der Waals surface area contributed by atoms with Gasteiger partial charge >= 0.3 is 0 Å². The van der Waals surface area contributed by atoms with Crippen LogP contribution in [0.15, 0.2) is 30.6 Å². The zero-order valence-electron chi connectivity index (χ0n) is 8.48. The molecule has 6 heteroatoms. The molecule has 2 aromatic rings. The van der Waals surface area contributed by atoms with E-state index in [0.717, 1.165) is 12.4 Å². The van der Waals surface area contributed by atoms with Crippen molar-refractivity contribution in [3.63, 3.8) is 0 Å². The van der Waals surface area contributed by atoms with Gasteiger partial charge in [0, 0.05) is 6.07 Å². The molecule has 1 N–H and O–H groups in total. The predicted octanol–water partition coefficient (Wildman–Crippen LogP) is 2.88. The number of benzene rings is 1. The van der Waals surface area contributed by atoms with Gasteiger partial charge in [-0.3, -0.25) is 0 Å². The molecule has 0 aliphatic carbocycles. The normalized spacial score (nSPS) is 9.71. The fraction of sp³-hybridized carbons (Fsp3) is 0. The molecule has 0 unspecified atom stereocenters. The van der Waals surface area contributed by atoms with E-state index in [0.29, 0.717) is 22.1 Å². The zero-order valence-corrected chi connectivity index (χ0v) is 9.24. The zero-order chi connectivity index (χ0) is 12.3. The highest BCUT2D eigenvalue weighted by atomic mass is 35.5. The average molecular weight is 249 g/mol. The molecule has 1 aromatic carbocycles. The van der Waals surface area contributed by atoms with Crippen LogP contribution >= 0.6 is 11.6 Å². The Bertz CT molecular complexity index is 594. The molecular weight excluding hydrogens is 243 g/mol. The largest absolute Gasteiger partial charge is 0.339 e. The molecule has 0 aliphatic rings. The Balaban J connectivity index is 2.28. The topological polar surface area (TPSA) is 61.6 Å². The standard InChI is InChI=1S/C11H6ClFN4/c12-8-3-7(5-14)1-2-9(8)17-11-4-10(13)15-6-16-11/h1-4,6H,(H,15,16,17). The number of rotatable bonds is 2. The van der Waals surface area contributed by atoms with Crippen LogP contribution in [0.4, 0.5) is 15.9 Å². The van der Waals surface area contributed by atoms with Crippen molar-refractivity contribution in [3.8, 4) is 6.07 Å². The molecule has 0 bridgehead atoms. The molecule has 1 heterocycles. The Labute approximate surface area is 102 Å². The SMILES string of the molecule is N#Cc1ccc(Nc2cc(F)ncn2)c(Cl)c1. The smallest absolute Gasteiger partial charge is 0.218 e. The first kappa shape index (κ1) is 11.3. The van der Waals surface area contributed by atoms with E-state index in [4.69, 9.17) is 16.9 Å². The minimum Gasteiger partial charge on any atom is -0.339 e. The third kappa shape index (κ3) is 2.68. The van der Waals surface area contributed by atoms with Gasteiger partial charge in [0.1, 0.15) is 12.1 Å². The van der Waals surface area contributed by atoms with Gasteiger partial charge in [-0.05, 0) is 18.2 Å². The van der Waals surface area contributed by atoms with E-state index in [1.54, 1.807) is 12.1 Å². The van der Waals surface area contributed by atoms with Crippen LogP contribution < -0.4 is 5.32 Å². The van der Waals surface area contributed by atoms with Crippen LogP contribution in [0.25, 0.3) is 0 Å². The van der Waals surface area contributed by atoms with Crippen LogP contribution in [0.3, 0.4) is 0 Å². The quantitative estimate of drug-likeness (QED) is 0.830. The van der Waals surface area contributed by atoms with Crippen LogP contribution in [0.5, 0.6) is 0 Å². The van der Waals surface area contributed by atoms with E-state index < -0.39 is 5.95 Å². The second kappa shape index (κ2) is 4.76. The van der Waals surface area contributed by atoms with Crippen molar-refractivity contribution in [2.75, 3.05) is 5.32 Å². The molecule has 1 aromatic heterocycles. The van der Waals surface area contributed by atoms with Crippen LogP contribution in [0, 0.1) is 17.3 Å². The van der Waals surface area contributed by atoms with Crippen molar-refractivity contribution in [2.24, 2.45) is 0 Å². The molecule has 0 atom stereocenters. The summed E-state index contributed by atoms with van der Waals surface area (Å²) in [6.45, 7) is 0. The summed E-state index contributed by atoms with van der Waals surface area (Å²) in [5.74, 6) is -0.337. The molecule has 17 heavy (non-hydrogen) atoms. The summed E-state index contributed by atoms with van der Waals surface area (Å²) in [5.41, 5.74) is 0.998.